The van der Waals surface area contributed by atoms with Gasteiger partial charge < -0.3 is 19.7 Å². The Kier molecular flexibility index (Phi) is 3.53. The molecule has 2 amide bonds. The molecule has 21 heavy (non-hydrogen) atoms. The van der Waals surface area contributed by atoms with Gasteiger partial charge in [-0.25, -0.2) is 0 Å². The molecule has 2 saturated heterocycles. The topological polar surface area (TPSA) is 76.6 Å². The molecule has 2 fully saturated rings. The van der Waals surface area contributed by atoms with Crippen LogP contribution in [-0.2, 0) is 11.3 Å². The van der Waals surface area contributed by atoms with Crippen molar-refractivity contribution in [1.82, 2.24) is 14.8 Å². The highest BCUT2D eigenvalue weighted by Crippen LogP contribution is 2.40. The molecule has 1 aromatic rings. The Morgan fingerprint density at radius 3 is 2.76 bits per heavy atom. The number of hydrogen-bond donors (Lipinski definition) is 0. The van der Waals surface area contributed by atoms with Crippen molar-refractivity contribution in [2.45, 2.75) is 25.8 Å². The molecule has 6 nitrogen and oxygen atoms in total. The summed E-state index contributed by atoms with van der Waals surface area (Å²) in [5.41, 5.74) is 0.508. The normalized spacial score (nSPS) is 25.6. The molecule has 0 radical (unpaired) electrons. The van der Waals surface area contributed by atoms with Crippen LogP contribution < -0.4 is 5.11 Å². The van der Waals surface area contributed by atoms with Crippen LogP contribution in [0.15, 0.2) is 24.5 Å². The minimum Gasteiger partial charge on any atom is -0.530 e. The van der Waals surface area contributed by atoms with Crippen LogP contribution >= 0.6 is 0 Å². The van der Waals surface area contributed by atoms with Gasteiger partial charge in [0.05, 0.1) is 5.41 Å². The van der Waals surface area contributed by atoms with Gasteiger partial charge in [-0.1, -0.05) is 0 Å². The van der Waals surface area contributed by atoms with Crippen LogP contribution in [0.2, 0.25) is 0 Å². The molecule has 1 aromatic heterocycles. The predicted octanol–water partition coefficient (Wildman–Crippen LogP) is 0.239. The SMILES string of the molecule is O=C([O-])N1CCCC2(CCN(Cc3ccncc3)C2=O)C1. The van der Waals surface area contributed by atoms with Crippen LogP contribution in [0.4, 0.5) is 4.79 Å². The Morgan fingerprint density at radius 1 is 1.29 bits per heavy atom. The van der Waals surface area contributed by atoms with E-state index < -0.39 is 11.5 Å². The molecule has 1 unspecified atom stereocenters. The Balaban J connectivity index is 1.72. The van der Waals surface area contributed by atoms with Gasteiger partial charge in [-0.05, 0) is 37.0 Å². The summed E-state index contributed by atoms with van der Waals surface area (Å²) in [7, 11) is 0. The van der Waals surface area contributed by atoms with E-state index in [1.165, 1.54) is 4.90 Å². The minimum absolute atomic E-state index is 0.0743. The summed E-state index contributed by atoms with van der Waals surface area (Å²) in [6, 6.07) is 3.79. The number of rotatable bonds is 2. The maximum absolute atomic E-state index is 12.7. The molecule has 0 N–H and O–H groups in total. The van der Waals surface area contributed by atoms with Crippen molar-refractivity contribution in [3.63, 3.8) is 0 Å². The van der Waals surface area contributed by atoms with Gasteiger partial charge in [-0.3, -0.25) is 9.78 Å². The summed E-state index contributed by atoms with van der Waals surface area (Å²) in [5, 5.41) is 11.1. The summed E-state index contributed by atoms with van der Waals surface area (Å²) in [5.74, 6) is 0.0743. The first-order valence-corrected chi connectivity index (χ1v) is 7.25. The molecule has 112 valence electrons. The highest BCUT2D eigenvalue weighted by atomic mass is 16.4. The lowest BCUT2D eigenvalue weighted by Crippen LogP contribution is -2.53. The van der Waals surface area contributed by atoms with Crippen LogP contribution in [0, 0.1) is 5.41 Å². The molecule has 1 atom stereocenters. The lowest BCUT2D eigenvalue weighted by molar-refractivity contribution is -0.268. The molecular weight excluding hydrogens is 270 g/mol. The Bertz CT molecular complexity index is 548. The lowest BCUT2D eigenvalue weighted by Gasteiger charge is -2.40. The second kappa shape index (κ2) is 5.35. The van der Waals surface area contributed by atoms with Gasteiger partial charge in [-0.15, -0.1) is 0 Å². The van der Waals surface area contributed by atoms with E-state index in [2.05, 4.69) is 4.98 Å². The lowest BCUT2D eigenvalue weighted by atomic mass is 9.78. The van der Waals surface area contributed by atoms with Crippen molar-refractivity contribution in [2.24, 2.45) is 5.41 Å². The van der Waals surface area contributed by atoms with Crippen molar-refractivity contribution in [3.8, 4) is 0 Å². The Morgan fingerprint density at radius 2 is 2.05 bits per heavy atom. The van der Waals surface area contributed by atoms with Gasteiger partial charge in [0.25, 0.3) is 0 Å². The van der Waals surface area contributed by atoms with Gasteiger partial charge in [0.2, 0.25) is 5.91 Å². The number of amides is 2. The van der Waals surface area contributed by atoms with Crippen molar-refractivity contribution in [3.05, 3.63) is 30.1 Å². The fourth-order valence-corrected chi connectivity index (χ4v) is 3.42. The monoisotopic (exact) mass is 288 g/mol. The molecule has 1 spiro atoms. The molecule has 6 heteroatoms. The number of pyridine rings is 1. The molecule has 2 aliphatic heterocycles. The van der Waals surface area contributed by atoms with E-state index in [0.29, 0.717) is 19.6 Å². The number of nitrogens with zero attached hydrogens (tertiary/aromatic N) is 3. The van der Waals surface area contributed by atoms with Crippen LogP contribution in [0.3, 0.4) is 0 Å². The van der Waals surface area contributed by atoms with E-state index in [0.717, 1.165) is 24.8 Å². The van der Waals surface area contributed by atoms with E-state index >= 15 is 0 Å². The van der Waals surface area contributed by atoms with Crippen LogP contribution in [0.5, 0.6) is 0 Å². The number of carbonyl (C=O) groups excluding carboxylic acids is 2. The van der Waals surface area contributed by atoms with Crippen LogP contribution in [0.25, 0.3) is 0 Å². The molecule has 2 aliphatic rings. The van der Waals surface area contributed by atoms with Gasteiger partial charge in [-0.2, -0.15) is 0 Å². The second-order valence-electron chi connectivity index (χ2n) is 5.90. The van der Waals surface area contributed by atoms with Gasteiger partial charge in [0.1, 0.15) is 6.09 Å². The number of aromatic nitrogens is 1. The highest BCUT2D eigenvalue weighted by Gasteiger charge is 2.48. The minimum atomic E-state index is -1.17. The average Bonchev–Trinajstić information content (AvgIpc) is 2.78. The summed E-state index contributed by atoms with van der Waals surface area (Å²) < 4.78 is 0. The molecule has 0 aliphatic carbocycles. The summed E-state index contributed by atoms with van der Waals surface area (Å²) in [6.45, 7) is 2.00. The summed E-state index contributed by atoms with van der Waals surface area (Å²) >= 11 is 0. The van der Waals surface area contributed by atoms with Crippen molar-refractivity contribution < 1.29 is 14.7 Å². The fraction of sp³-hybridized carbons (Fsp3) is 0.533. The number of likely N-dealkylation sites (tertiary alicyclic amines) is 2. The standard InChI is InChI=1S/C15H19N3O3/c19-13-15(4-1-8-18(11-15)14(20)21)5-9-17(13)10-12-2-6-16-7-3-12/h2-3,6-7H,1,4-5,8-11H2,(H,20,21)/p-1. The highest BCUT2D eigenvalue weighted by molar-refractivity contribution is 5.85. The quantitative estimate of drug-likeness (QED) is 0.781. The molecular formula is C15H18N3O3-. The molecule has 0 bridgehead atoms. The average molecular weight is 288 g/mol. The maximum Gasteiger partial charge on any atom is 0.230 e. The Hall–Kier alpha value is -2.11. The van der Waals surface area contributed by atoms with E-state index in [-0.39, 0.29) is 12.5 Å². The third-order valence-corrected chi connectivity index (χ3v) is 4.56. The summed E-state index contributed by atoms with van der Waals surface area (Å²) in [6.07, 6.45) is 4.47. The van der Waals surface area contributed by atoms with Gasteiger partial charge >= 0.3 is 0 Å². The molecule has 3 rings (SSSR count). The number of hydrogen-bond acceptors (Lipinski definition) is 4. The van der Waals surface area contributed by atoms with Crippen molar-refractivity contribution >= 4 is 12.0 Å². The summed E-state index contributed by atoms with van der Waals surface area (Å²) in [4.78, 5) is 30.9. The molecule has 3 heterocycles. The van der Waals surface area contributed by atoms with Crippen molar-refractivity contribution in [2.75, 3.05) is 19.6 Å². The number of carboxylic acid groups (broad SMARTS) is 1. The first-order chi connectivity index (χ1) is 10.1. The van der Waals surface area contributed by atoms with Gasteiger partial charge in [0.15, 0.2) is 0 Å². The van der Waals surface area contributed by atoms with Gasteiger partial charge in [0, 0.05) is 38.6 Å². The first-order valence-electron chi connectivity index (χ1n) is 7.25. The zero-order chi connectivity index (χ0) is 14.9. The number of piperidine rings is 1. The number of carbonyl (C=O) groups is 2. The van der Waals surface area contributed by atoms with Crippen molar-refractivity contribution in [1.29, 1.82) is 0 Å². The zero-order valence-electron chi connectivity index (χ0n) is 11.8. The third-order valence-electron chi connectivity index (χ3n) is 4.56. The largest absolute Gasteiger partial charge is 0.530 e. The molecule has 0 aromatic carbocycles. The van der Waals surface area contributed by atoms with E-state index in [1.807, 2.05) is 17.0 Å². The Labute approximate surface area is 123 Å². The van der Waals surface area contributed by atoms with E-state index in [9.17, 15) is 14.7 Å². The zero-order valence-corrected chi connectivity index (χ0v) is 11.8. The van der Waals surface area contributed by atoms with E-state index in [4.69, 9.17) is 0 Å². The smallest absolute Gasteiger partial charge is 0.230 e. The van der Waals surface area contributed by atoms with E-state index in [1.54, 1.807) is 12.4 Å². The molecule has 0 saturated carbocycles. The maximum atomic E-state index is 12.7. The third kappa shape index (κ3) is 2.57. The fourth-order valence-electron chi connectivity index (χ4n) is 3.42. The second-order valence-corrected chi connectivity index (χ2v) is 5.90. The van der Waals surface area contributed by atoms with Crippen LogP contribution in [0.1, 0.15) is 24.8 Å². The van der Waals surface area contributed by atoms with Crippen LogP contribution in [-0.4, -0.2) is 46.4 Å². The first kappa shape index (κ1) is 13.9. The predicted molar refractivity (Wildman–Crippen MR) is 72.9 cm³/mol.